The van der Waals surface area contributed by atoms with Crippen LogP contribution in [-0.2, 0) is 10.0 Å². The Hall–Kier alpha value is -3.02. The molecule has 2 aromatic heterocycles. The van der Waals surface area contributed by atoms with Gasteiger partial charge >= 0.3 is 0 Å². The molecular formula is C20H18N4O4S3. The number of aryl methyl sites for hydroxylation is 2. The number of carbonyl (C=O) groups excluding carboxylic acids is 1. The first-order chi connectivity index (χ1) is 14.8. The van der Waals surface area contributed by atoms with Crippen LogP contribution in [0.3, 0.4) is 0 Å². The molecule has 11 heteroatoms. The van der Waals surface area contributed by atoms with E-state index in [1.165, 1.54) is 30.6 Å². The Balaban J connectivity index is 1.53. The highest BCUT2D eigenvalue weighted by atomic mass is 32.2. The Kier molecular flexibility index (Phi) is 5.65. The molecule has 0 bridgehead atoms. The Morgan fingerprint density at radius 3 is 2.42 bits per heavy atom. The summed E-state index contributed by atoms with van der Waals surface area (Å²) in [7, 11) is -2.35. The zero-order valence-corrected chi connectivity index (χ0v) is 19.2. The van der Waals surface area contributed by atoms with Gasteiger partial charge in [-0.1, -0.05) is 34.8 Å². The number of benzene rings is 2. The molecule has 160 valence electrons. The summed E-state index contributed by atoms with van der Waals surface area (Å²) < 4.78 is 33.7. The Morgan fingerprint density at radius 2 is 1.74 bits per heavy atom. The van der Waals surface area contributed by atoms with E-state index >= 15 is 0 Å². The monoisotopic (exact) mass is 474 g/mol. The van der Waals surface area contributed by atoms with E-state index < -0.39 is 10.0 Å². The molecule has 0 radical (unpaired) electrons. The lowest BCUT2D eigenvalue weighted by Crippen LogP contribution is -2.12. The Bertz CT molecular complexity index is 1380. The fourth-order valence-corrected chi connectivity index (χ4v) is 5.91. The third kappa shape index (κ3) is 4.38. The van der Waals surface area contributed by atoms with Gasteiger partial charge in [-0.2, -0.15) is 0 Å². The first kappa shape index (κ1) is 21.2. The minimum Gasteiger partial charge on any atom is -0.497 e. The predicted molar refractivity (Wildman–Crippen MR) is 123 cm³/mol. The summed E-state index contributed by atoms with van der Waals surface area (Å²) in [6.45, 7) is 3.61. The molecule has 2 aromatic carbocycles. The number of nitrogens with zero attached hydrogens (tertiary/aromatic N) is 2. The number of thiazole rings is 2. The van der Waals surface area contributed by atoms with Gasteiger partial charge < -0.3 is 4.74 Å². The number of para-hydroxylation sites is 1. The van der Waals surface area contributed by atoms with Crippen LogP contribution in [0.5, 0.6) is 5.75 Å². The molecule has 31 heavy (non-hydrogen) atoms. The molecule has 0 unspecified atom stereocenters. The molecule has 8 nitrogen and oxygen atoms in total. The molecule has 0 saturated carbocycles. The third-order valence-corrected chi connectivity index (χ3v) is 7.93. The standard InChI is InChI=1S/C20H18N4O4S3/c1-11-5-4-6-15-16(11)22-19(29-15)23-18(25)17-12(2)21-20(30-17)24-31(26,27)14-9-7-13(28-3)8-10-14/h4-10H,1-3H3,(H,21,24)(H,22,23,25). The molecule has 0 aliphatic carbocycles. The van der Waals surface area contributed by atoms with Crippen molar-refractivity contribution in [1.29, 1.82) is 0 Å². The molecule has 1 amide bonds. The molecule has 4 rings (SSSR count). The number of ether oxygens (including phenoxy) is 1. The second kappa shape index (κ2) is 8.25. The summed E-state index contributed by atoms with van der Waals surface area (Å²) in [4.78, 5) is 21.8. The lowest BCUT2D eigenvalue weighted by molar-refractivity contribution is 0.103. The smallest absolute Gasteiger partial charge is 0.269 e. The molecule has 0 spiro atoms. The van der Waals surface area contributed by atoms with Crippen LogP contribution in [0.1, 0.15) is 20.9 Å². The number of hydrogen-bond donors (Lipinski definition) is 2. The highest BCUT2D eigenvalue weighted by Gasteiger charge is 2.21. The molecule has 0 fully saturated rings. The zero-order chi connectivity index (χ0) is 22.2. The van der Waals surface area contributed by atoms with Crippen molar-refractivity contribution in [3.8, 4) is 5.75 Å². The summed E-state index contributed by atoms with van der Waals surface area (Å²) >= 11 is 2.34. The van der Waals surface area contributed by atoms with Crippen molar-refractivity contribution in [1.82, 2.24) is 9.97 Å². The van der Waals surface area contributed by atoms with Crippen molar-refractivity contribution in [2.24, 2.45) is 0 Å². The number of hydrogen-bond acceptors (Lipinski definition) is 8. The van der Waals surface area contributed by atoms with Crippen LogP contribution in [-0.4, -0.2) is 31.4 Å². The highest BCUT2D eigenvalue weighted by molar-refractivity contribution is 7.93. The predicted octanol–water partition coefficient (Wildman–Crippen LogP) is 4.43. The van der Waals surface area contributed by atoms with Crippen molar-refractivity contribution in [3.63, 3.8) is 0 Å². The van der Waals surface area contributed by atoms with Gasteiger partial charge in [-0.25, -0.2) is 18.4 Å². The van der Waals surface area contributed by atoms with Gasteiger partial charge in [-0.05, 0) is 49.7 Å². The number of rotatable bonds is 6. The van der Waals surface area contributed by atoms with Crippen LogP contribution < -0.4 is 14.8 Å². The van der Waals surface area contributed by atoms with E-state index in [0.717, 1.165) is 27.1 Å². The lowest BCUT2D eigenvalue weighted by Gasteiger charge is -2.06. The number of amides is 1. The first-order valence-electron chi connectivity index (χ1n) is 9.08. The minimum absolute atomic E-state index is 0.0667. The average Bonchev–Trinajstić information content (AvgIpc) is 3.31. The average molecular weight is 475 g/mol. The number of sulfonamides is 1. The fraction of sp³-hybridized carbons (Fsp3) is 0.150. The minimum atomic E-state index is -3.85. The number of methoxy groups -OCH3 is 1. The van der Waals surface area contributed by atoms with Crippen LogP contribution in [0.4, 0.5) is 10.3 Å². The summed E-state index contributed by atoms with van der Waals surface area (Å²) in [6.07, 6.45) is 0. The first-order valence-corrected chi connectivity index (χ1v) is 12.2. The summed E-state index contributed by atoms with van der Waals surface area (Å²) in [5.41, 5.74) is 2.29. The number of aromatic nitrogens is 2. The Morgan fingerprint density at radius 1 is 1.00 bits per heavy atom. The van der Waals surface area contributed by atoms with Crippen molar-refractivity contribution in [3.05, 3.63) is 58.6 Å². The summed E-state index contributed by atoms with van der Waals surface area (Å²) in [6, 6.07) is 11.8. The van der Waals surface area contributed by atoms with Crippen molar-refractivity contribution in [2.75, 3.05) is 17.1 Å². The molecular weight excluding hydrogens is 456 g/mol. The van der Waals surface area contributed by atoms with E-state index in [1.807, 2.05) is 25.1 Å². The van der Waals surface area contributed by atoms with Gasteiger partial charge in [-0.3, -0.25) is 14.8 Å². The normalized spacial score (nSPS) is 11.5. The molecule has 4 aromatic rings. The zero-order valence-electron chi connectivity index (χ0n) is 16.8. The second-order valence-corrected chi connectivity index (χ2v) is 10.3. The largest absolute Gasteiger partial charge is 0.497 e. The highest BCUT2D eigenvalue weighted by Crippen LogP contribution is 2.30. The second-order valence-electron chi connectivity index (χ2n) is 6.61. The van der Waals surface area contributed by atoms with Gasteiger partial charge in [-0.15, -0.1) is 0 Å². The maximum absolute atomic E-state index is 12.8. The molecule has 2 N–H and O–H groups in total. The molecule has 0 aliphatic heterocycles. The lowest BCUT2D eigenvalue weighted by atomic mass is 10.2. The fourth-order valence-electron chi connectivity index (χ4n) is 2.87. The SMILES string of the molecule is COc1ccc(S(=O)(=O)Nc2nc(C)c(C(=O)Nc3nc4c(C)cccc4s3)s2)cc1. The quantitative estimate of drug-likeness (QED) is 0.428. The van der Waals surface area contributed by atoms with E-state index in [-0.39, 0.29) is 15.9 Å². The summed E-state index contributed by atoms with van der Waals surface area (Å²) in [5, 5.41) is 3.37. The van der Waals surface area contributed by atoms with Gasteiger partial charge in [0.1, 0.15) is 10.6 Å². The molecule has 0 atom stereocenters. The van der Waals surface area contributed by atoms with Gasteiger partial charge in [0.2, 0.25) is 0 Å². The van der Waals surface area contributed by atoms with Gasteiger partial charge in [0.15, 0.2) is 10.3 Å². The maximum Gasteiger partial charge on any atom is 0.269 e. The topological polar surface area (TPSA) is 110 Å². The van der Waals surface area contributed by atoms with E-state index in [1.54, 1.807) is 19.1 Å². The van der Waals surface area contributed by atoms with Gasteiger partial charge in [0, 0.05) is 0 Å². The van der Waals surface area contributed by atoms with E-state index in [0.29, 0.717) is 21.5 Å². The van der Waals surface area contributed by atoms with Gasteiger partial charge in [0.05, 0.1) is 27.9 Å². The van der Waals surface area contributed by atoms with Crippen molar-refractivity contribution < 1.29 is 17.9 Å². The van der Waals surface area contributed by atoms with Crippen LogP contribution in [0, 0.1) is 13.8 Å². The van der Waals surface area contributed by atoms with E-state index in [4.69, 9.17) is 4.74 Å². The van der Waals surface area contributed by atoms with Crippen LogP contribution in [0.25, 0.3) is 10.2 Å². The Labute approximate surface area is 187 Å². The number of carbonyl (C=O) groups is 1. The van der Waals surface area contributed by atoms with Crippen molar-refractivity contribution in [2.45, 2.75) is 18.7 Å². The number of fused-ring (bicyclic) bond motifs is 1. The summed E-state index contributed by atoms with van der Waals surface area (Å²) in [5.74, 6) is 0.162. The van der Waals surface area contributed by atoms with Crippen LogP contribution >= 0.6 is 22.7 Å². The van der Waals surface area contributed by atoms with Gasteiger partial charge in [0.25, 0.3) is 15.9 Å². The molecule has 0 saturated heterocycles. The van der Waals surface area contributed by atoms with Crippen molar-refractivity contribution >= 4 is 59.1 Å². The number of nitrogens with one attached hydrogen (secondary N) is 2. The number of anilines is 2. The van der Waals surface area contributed by atoms with Crippen LogP contribution in [0.2, 0.25) is 0 Å². The molecule has 0 aliphatic rings. The van der Waals surface area contributed by atoms with E-state index in [9.17, 15) is 13.2 Å². The maximum atomic E-state index is 12.8. The molecule has 2 heterocycles. The van der Waals surface area contributed by atoms with Crippen LogP contribution in [0.15, 0.2) is 47.4 Å². The third-order valence-electron chi connectivity index (χ3n) is 4.44. The van der Waals surface area contributed by atoms with E-state index in [2.05, 4.69) is 20.0 Å².